The molecule has 0 radical (unpaired) electrons. The fraction of sp³-hybridized carbons (Fsp3) is 0. The van der Waals surface area contributed by atoms with Crippen LogP contribution in [0.4, 0.5) is 11.5 Å². The Hall–Kier alpha value is -1.95. The van der Waals surface area contributed by atoms with Crippen molar-refractivity contribution < 1.29 is 4.79 Å². The molecule has 15 heavy (non-hydrogen) atoms. The molecule has 0 fully saturated rings. The minimum absolute atomic E-state index is 0.247. The molecule has 1 amide bonds. The van der Waals surface area contributed by atoms with Gasteiger partial charge < -0.3 is 11.1 Å². The molecule has 2 aromatic rings. The normalized spacial score (nSPS) is 9.87. The minimum Gasteiger partial charge on any atom is -0.396 e. The van der Waals surface area contributed by atoms with Crippen molar-refractivity contribution in [1.82, 2.24) is 9.97 Å². The predicted molar refractivity (Wildman–Crippen MR) is 58.7 cm³/mol. The molecule has 0 aromatic carbocycles. The second-order valence-electron chi connectivity index (χ2n) is 2.76. The van der Waals surface area contributed by atoms with Crippen LogP contribution in [0.1, 0.15) is 9.67 Å². The number of nitrogens with one attached hydrogen (secondary N) is 1. The zero-order valence-corrected chi connectivity index (χ0v) is 8.49. The van der Waals surface area contributed by atoms with Gasteiger partial charge in [-0.3, -0.25) is 9.78 Å². The van der Waals surface area contributed by atoms with E-state index in [1.54, 1.807) is 23.8 Å². The van der Waals surface area contributed by atoms with E-state index in [1.807, 2.05) is 0 Å². The number of carbonyl (C=O) groups is 1. The van der Waals surface area contributed by atoms with Gasteiger partial charge in [0.1, 0.15) is 4.88 Å². The van der Waals surface area contributed by atoms with Crippen LogP contribution in [0, 0.1) is 0 Å². The van der Waals surface area contributed by atoms with Crippen LogP contribution >= 0.6 is 11.3 Å². The van der Waals surface area contributed by atoms with E-state index in [2.05, 4.69) is 15.3 Å². The van der Waals surface area contributed by atoms with Crippen molar-refractivity contribution in [3.8, 4) is 0 Å². The Bertz CT molecular complexity index is 469. The molecule has 76 valence electrons. The smallest absolute Gasteiger partial charge is 0.268 e. The summed E-state index contributed by atoms with van der Waals surface area (Å²) in [5.74, 6) is 0.124. The number of nitrogens with zero attached hydrogens (tertiary/aromatic N) is 2. The summed E-state index contributed by atoms with van der Waals surface area (Å²) in [5, 5.41) is 2.61. The van der Waals surface area contributed by atoms with Crippen LogP contribution in [0.3, 0.4) is 0 Å². The van der Waals surface area contributed by atoms with Crippen LogP contribution in [0.2, 0.25) is 0 Å². The van der Waals surface area contributed by atoms with E-state index < -0.39 is 0 Å². The number of aromatic nitrogens is 2. The number of hydrogen-bond acceptors (Lipinski definition) is 5. The molecule has 0 atom stereocenters. The highest BCUT2D eigenvalue weighted by Gasteiger charge is 2.09. The second kappa shape index (κ2) is 4.05. The van der Waals surface area contributed by atoms with Crippen molar-refractivity contribution in [1.29, 1.82) is 0 Å². The van der Waals surface area contributed by atoms with Crippen LogP contribution in [0.25, 0.3) is 0 Å². The van der Waals surface area contributed by atoms with Crippen LogP contribution in [0.15, 0.2) is 30.0 Å². The molecule has 0 aliphatic rings. The maximum atomic E-state index is 11.6. The first-order chi connectivity index (χ1) is 7.27. The lowest BCUT2D eigenvalue weighted by atomic mass is 10.4. The van der Waals surface area contributed by atoms with Crippen molar-refractivity contribution in [3.63, 3.8) is 0 Å². The molecule has 3 N–H and O–H groups in total. The largest absolute Gasteiger partial charge is 0.396 e. The number of rotatable bonds is 2. The van der Waals surface area contributed by atoms with Crippen molar-refractivity contribution in [3.05, 3.63) is 34.9 Å². The monoisotopic (exact) mass is 220 g/mol. The van der Waals surface area contributed by atoms with E-state index in [1.165, 1.54) is 17.5 Å². The number of thiazole rings is 1. The molecule has 2 rings (SSSR count). The summed E-state index contributed by atoms with van der Waals surface area (Å²) in [4.78, 5) is 19.9. The molecule has 0 bridgehead atoms. The molecular weight excluding hydrogens is 212 g/mol. The number of pyridine rings is 1. The highest BCUT2D eigenvalue weighted by Crippen LogP contribution is 2.15. The minimum atomic E-state index is -0.247. The van der Waals surface area contributed by atoms with Crippen LogP contribution in [-0.4, -0.2) is 15.9 Å². The topological polar surface area (TPSA) is 80.9 Å². The summed E-state index contributed by atoms with van der Waals surface area (Å²) in [5.41, 5.74) is 7.67. The summed E-state index contributed by atoms with van der Waals surface area (Å²) >= 11 is 1.26. The van der Waals surface area contributed by atoms with Gasteiger partial charge in [-0.2, -0.15) is 0 Å². The first-order valence-electron chi connectivity index (χ1n) is 4.17. The summed E-state index contributed by atoms with van der Waals surface area (Å²) in [7, 11) is 0. The maximum Gasteiger partial charge on any atom is 0.268 e. The van der Waals surface area contributed by atoms with Crippen LogP contribution < -0.4 is 11.1 Å². The Morgan fingerprint density at radius 2 is 2.40 bits per heavy atom. The van der Waals surface area contributed by atoms with Gasteiger partial charge in [0.2, 0.25) is 0 Å². The molecule has 2 aromatic heterocycles. The number of nitrogens with two attached hydrogens (primary N) is 1. The number of carbonyl (C=O) groups excluding carboxylic acids is 1. The molecule has 5 nitrogen and oxygen atoms in total. The van der Waals surface area contributed by atoms with Crippen molar-refractivity contribution in [2.45, 2.75) is 0 Å². The van der Waals surface area contributed by atoms with E-state index in [0.717, 1.165) is 0 Å². The first kappa shape index (κ1) is 9.60. The number of anilines is 2. The average molecular weight is 220 g/mol. The Kier molecular flexibility index (Phi) is 2.59. The van der Waals surface area contributed by atoms with Gasteiger partial charge in [0.05, 0.1) is 17.4 Å². The Morgan fingerprint density at radius 1 is 1.53 bits per heavy atom. The third-order valence-electron chi connectivity index (χ3n) is 1.73. The van der Waals surface area contributed by atoms with Crippen molar-refractivity contribution in [2.75, 3.05) is 11.1 Å². The zero-order chi connectivity index (χ0) is 10.7. The van der Waals surface area contributed by atoms with Gasteiger partial charge >= 0.3 is 0 Å². The zero-order valence-electron chi connectivity index (χ0n) is 7.68. The van der Waals surface area contributed by atoms with Crippen molar-refractivity contribution >= 4 is 28.7 Å². The molecule has 0 saturated heterocycles. The van der Waals surface area contributed by atoms with E-state index in [9.17, 15) is 4.79 Å². The van der Waals surface area contributed by atoms with E-state index in [0.29, 0.717) is 16.4 Å². The van der Waals surface area contributed by atoms with Crippen LogP contribution in [-0.2, 0) is 0 Å². The highest BCUT2D eigenvalue weighted by atomic mass is 32.1. The molecule has 0 aliphatic heterocycles. The second-order valence-corrected chi connectivity index (χ2v) is 3.65. The van der Waals surface area contributed by atoms with E-state index in [-0.39, 0.29) is 5.91 Å². The van der Waals surface area contributed by atoms with Gasteiger partial charge in [0.15, 0.2) is 5.82 Å². The molecule has 6 heteroatoms. The van der Waals surface area contributed by atoms with E-state index >= 15 is 0 Å². The third kappa shape index (κ3) is 2.10. The maximum absolute atomic E-state index is 11.6. The quantitative estimate of drug-likeness (QED) is 0.801. The summed E-state index contributed by atoms with van der Waals surface area (Å²) in [6.45, 7) is 0. The van der Waals surface area contributed by atoms with E-state index in [4.69, 9.17) is 5.73 Å². The van der Waals surface area contributed by atoms with Crippen LogP contribution in [0.5, 0.6) is 0 Å². The predicted octanol–water partition coefficient (Wildman–Crippen LogP) is 1.37. The lowest BCUT2D eigenvalue weighted by molar-refractivity contribution is 0.103. The summed E-state index contributed by atoms with van der Waals surface area (Å²) in [6.07, 6.45) is 3.07. The molecule has 2 heterocycles. The molecule has 0 aliphatic carbocycles. The molecule has 0 saturated carbocycles. The molecule has 0 unspecified atom stereocenters. The summed E-state index contributed by atoms with van der Waals surface area (Å²) in [6, 6.07) is 3.38. The Morgan fingerprint density at radius 3 is 3.07 bits per heavy atom. The Labute approximate surface area is 90.0 Å². The van der Waals surface area contributed by atoms with Gasteiger partial charge in [-0.05, 0) is 12.1 Å². The molecule has 0 spiro atoms. The lowest BCUT2D eigenvalue weighted by Gasteiger charge is -2.04. The highest BCUT2D eigenvalue weighted by molar-refractivity contribution is 7.11. The fourth-order valence-electron chi connectivity index (χ4n) is 1.02. The third-order valence-corrected chi connectivity index (χ3v) is 2.50. The number of nitrogen functional groups attached to an aromatic ring is 1. The standard InChI is InChI=1S/C9H8N4OS/c10-6-2-1-3-12-8(6)13-9(14)7-4-11-5-15-7/h1-5H,10H2,(H,12,13,14). The fourth-order valence-corrected chi connectivity index (χ4v) is 1.53. The number of amides is 1. The molecular formula is C9H8N4OS. The first-order valence-corrected chi connectivity index (χ1v) is 5.05. The van der Waals surface area contributed by atoms with Gasteiger partial charge in [-0.15, -0.1) is 11.3 Å². The SMILES string of the molecule is Nc1cccnc1NC(=O)c1cncs1. The van der Waals surface area contributed by atoms with Gasteiger partial charge in [-0.1, -0.05) is 0 Å². The van der Waals surface area contributed by atoms with Gasteiger partial charge in [0.25, 0.3) is 5.91 Å². The average Bonchev–Trinajstić information content (AvgIpc) is 2.74. The lowest BCUT2D eigenvalue weighted by Crippen LogP contribution is -2.12. The van der Waals surface area contributed by atoms with Gasteiger partial charge in [0, 0.05) is 6.20 Å². The number of hydrogen-bond donors (Lipinski definition) is 2. The Balaban J connectivity index is 2.17. The summed E-state index contributed by atoms with van der Waals surface area (Å²) < 4.78 is 0. The van der Waals surface area contributed by atoms with Gasteiger partial charge in [-0.25, -0.2) is 4.98 Å². The van der Waals surface area contributed by atoms with Crippen molar-refractivity contribution in [2.24, 2.45) is 0 Å².